The van der Waals surface area contributed by atoms with Crippen molar-refractivity contribution < 1.29 is 10.0 Å². The molecule has 2 N–H and O–H groups in total. The van der Waals surface area contributed by atoms with Crippen molar-refractivity contribution in [3.05, 3.63) is 50.5 Å². The summed E-state index contributed by atoms with van der Waals surface area (Å²) in [7, 11) is 0. The van der Waals surface area contributed by atoms with Crippen molar-refractivity contribution in [2.75, 3.05) is 0 Å². The Bertz CT molecular complexity index is 837. The largest absolute Gasteiger partial charge is 0.502 e. The molecule has 0 aliphatic carbocycles. The lowest BCUT2D eigenvalue weighted by atomic mass is 10.2. The number of H-pyrrole nitrogens is 1. The molecule has 106 valence electrons. The van der Waals surface area contributed by atoms with Gasteiger partial charge in [0.05, 0.1) is 26.0 Å². The van der Waals surface area contributed by atoms with Gasteiger partial charge in [0, 0.05) is 11.6 Å². The molecule has 0 bridgehead atoms. The molecule has 1 heterocycles. The van der Waals surface area contributed by atoms with Crippen LogP contribution in [0, 0.1) is 10.1 Å². The highest BCUT2D eigenvalue weighted by Gasteiger charge is 2.16. The van der Waals surface area contributed by atoms with Crippen molar-refractivity contribution in [2.24, 2.45) is 0 Å². The molecule has 3 rings (SSSR count). The first-order chi connectivity index (χ1) is 9.95. The van der Waals surface area contributed by atoms with Crippen molar-refractivity contribution in [1.29, 1.82) is 0 Å². The highest BCUT2D eigenvalue weighted by Crippen LogP contribution is 2.32. The van der Waals surface area contributed by atoms with Crippen LogP contribution in [0.3, 0.4) is 0 Å². The topological polar surface area (TPSA) is 92.0 Å². The number of imidazole rings is 1. The van der Waals surface area contributed by atoms with E-state index in [4.69, 9.17) is 23.2 Å². The summed E-state index contributed by atoms with van der Waals surface area (Å²) in [6.07, 6.45) is 0. The minimum atomic E-state index is -0.658. The first-order valence-corrected chi connectivity index (χ1v) is 6.54. The Morgan fingerprint density at radius 2 is 1.90 bits per heavy atom. The molecule has 0 radical (unpaired) electrons. The predicted molar refractivity (Wildman–Crippen MR) is 79.9 cm³/mol. The van der Waals surface area contributed by atoms with E-state index in [1.165, 1.54) is 18.2 Å². The number of hydrogen-bond donors (Lipinski definition) is 2. The lowest BCUT2D eigenvalue weighted by Gasteiger charge is -1.99. The van der Waals surface area contributed by atoms with Gasteiger partial charge >= 0.3 is 5.69 Å². The molecule has 0 saturated carbocycles. The lowest BCUT2D eigenvalue weighted by molar-refractivity contribution is -0.385. The standard InChI is InChI=1S/C13H7Cl2N3O3/c14-7-4-9-10(5-8(7)15)17-13(16-9)6-1-2-12(19)11(3-6)18(20)21/h1-5,19H,(H,16,17). The SMILES string of the molecule is O=[N+]([O-])c1cc(-c2nc3cc(Cl)c(Cl)cc3[nH]2)ccc1O. The number of phenolic OH excluding ortho intramolecular Hbond substituents is 1. The molecule has 0 aliphatic heterocycles. The van der Waals surface area contributed by atoms with E-state index < -0.39 is 10.7 Å². The summed E-state index contributed by atoms with van der Waals surface area (Å²) in [6.45, 7) is 0. The number of nitro benzene ring substituents is 1. The van der Waals surface area contributed by atoms with Crippen LogP contribution in [0.1, 0.15) is 0 Å². The number of hydrogen-bond acceptors (Lipinski definition) is 4. The molecule has 0 spiro atoms. The maximum atomic E-state index is 10.8. The predicted octanol–water partition coefficient (Wildman–Crippen LogP) is 4.15. The first kappa shape index (κ1) is 13.7. The van der Waals surface area contributed by atoms with E-state index in [2.05, 4.69) is 9.97 Å². The molecule has 3 aromatic rings. The van der Waals surface area contributed by atoms with Gasteiger partial charge in [-0.1, -0.05) is 23.2 Å². The lowest BCUT2D eigenvalue weighted by Crippen LogP contribution is -1.90. The highest BCUT2D eigenvalue weighted by molar-refractivity contribution is 6.42. The Labute approximate surface area is 128 Å². The molecule has 0 saturated heterocycles. The minimum Gasteiger partial charge on any atom is -0.502 e. The van der Waals surface area contributed by atoms with Crippen LogP contribution < -0.4 is 0 Å². The normalized spacial score (nSPS) is 11.0. The zero-order chi connectivity index (χ0) is 15.1. The third-order valence-corrected chi connectivity index (χ3v) is 3.69. The van der Waals surface area contributed by atoms with Crippen LogP contribution in [0.5, 0.6) is 5.75 Å². The van der Waals surface area contributed by atoms with Crippen LogP contribution in [0.15, 0.2) is 30.3 Å². The van der Waals surface area contributed by atoms with Gasteiger partial charge in [-0.2, -0.15) is 0 Å². The Morgan fingerprint density at radius 3 is 2.62 bits per heavy atom. The van der Waals surface area contributed by atoms with Gasteiger partial charge in [-0.05, 0) is 24.3 Å². The smallest absolute Gasteiger partial charge is 0.311 e. The zero-order valence-corrected chi connectivity index (χ0v) is 11.8. The van der Waals surface area contributed by atoms with Gasteiger partial charge in [0.15, 0.2) is 5.75 Å². The van der Waals surface area contributed by atoms with Crippen LogP contribution in [0.2, 0.25) is 10.0 Å². The van der Waals surface area contributed by atoms with Crippen LogP contribution in [0.4, 0.5) is 5.69 Å². The Morgan fingerprint density at radius 1 is 1.19 bits per heavy atom. The molecule has 2 aromatic carbocycles. The number of aromatic hydroxyl groups is 1. The molecule has 8 heteroatoms. The quantitative estimate of drug-likeness (QED) is 0.547. The molecular weight excluding hydrogens is 317 g/mol. The van der Waals surface area contributed by atoms with Gasteiger partial charge in [-0.3, -0.25) is 10.1 Å². The number of rotatable bonds is 2. The van der Waals surface area contributed by atoms with E-state index in [-0.39, 0.29) is 5.69 Å². The summed E-state index contributed by atoms with van der Waals surface area (Å²) in [5.74, 6) is 0.0254. The molecule has 0 aliphatic rings. The fraction of sp³-hybridized carbons (Fsp3) is 0. The van der Waals surface area contributed by atoms with Gasteiger partial charge in [0.2, 0.25) is 0 Å². The van der Waals surface area contributed by atoms with Crippen molar-refractivity contribution in [2.45, 2.75) is 0 Å². The van der Waals surface area contributed by atoms with Crippen LogP contribution in [0.25, 0.3) is 22.4 Å². The summed E-state index contributed by atoms with van der Waals surface area (Å²) in [6, 6.07) is 7.26. The minimum absolute atomic E-state index is 0.374. The van der Waals surface area contributed by atoms with Crippen molar-refractivity contribution >= 4 is 39.9 Å². The van der Waals surface area contributed by atoms with Crippen LogP contribution in [-0.2, 0) is 0 Å². The van der Waals surface area contributed by atoms with Gasteiger partial charge in [0.1, 0.15) is 5.82 Å². The fourth-order valence-corrected chi connectivity index (χ4v) is 2.28. The molecule has 0 fully saturated rings. The number of aromatic amines is 1. The second-order valence-electron chi connectivity index (χ2n) is 4.33. The summed E-state index contributed by atoms with van der Waals surface area (Å²) in [5, 5.41) is 21.1. The highest BCUT2D eigenvalue weighted by atomic mass is 35.5. The van der Waals surface area contributed by atoms with E-state index >= 15 is 0 Å². The van der Waals surface area contributed by atoms with Crippen LogP contribution >= 0.6 is 23.2 Å². The molecule has 21 heavy (non-hydrogen) atoms. The van der Waals surface area contributed by atoms with Gasteiger partial charge in [-0.15, -0.1) is 0 Å². The van der Waals surface area contributed by atoms with Crippen molar-refractivity contribution in [3.8, 4) is 17.1 Å². The summed E-state index contributed by atoms with van der Waals surface area (Å²) < 4.78 is 0. The summed E-state index contributed by atoms with van der Waals surface area (Å²) in [5.41, 5.74) is 1.34. The van der Waals surface area contributed by atoms with Gasteiger partial charge in [-0.25, -0.2) is 4.98 Å². The van der Waals surface area contributed by atoms with E-state index in [9.17, 15) is 15.2 Å². The number of nitro groups is 1. The monoisotopic (exact) mass is 323 g/mol. The van der Waals surface area contributed by atoms with Gasteiger partial charge < -0.3 is 10.1 Å². The Kier molecular flexibility index (Phi) is 3.19. The third-order valence-electron chi connectivity index (χ3n) is 2.97. The summed E-state index contributed by atoms with van der Waals surface area (Å²) in [4.78, 5) is 17.5. The molecular formula is C13H7Cl2N3O3. The van der Waals surface area contributed by atoms with E-state index in [1.54, 1.807) is 12.1 Å². The molecule has 0 unspecified atom stereocenters. The molecule has 0 amide bonds. The van der Waals surface area contributed by atoms with Crippen molar-refractivity contribution in [3.63, 3.8) is 0 Å². The number of nitrogens with one attached hydrogen (secondary N) is 1. The Balaban J connectivity index is 2.16. The molecule has 6 nitrogen and oxygen atoms in total. The second-order valence-corrected chi connectivity index (χ2v) is 5.14. The number of fused-ring (bicyclic) bond motifs is 1. The van der Waals surface area contributed by atoms with E-state index in [1.807, 2.05) is 0 Å². The Hall–Kier alpha value is -2.31. The number of halogens is 2. The number of benzene rings is 2. The molecule has 0 atom stereocenters. The maximum Gasteiger partial charge on any atom is 0.311 e. The number of aromatic nitrogens is 2. The van der Waals surface area contributed by atoms with Crippen molar-refractivity contribution in [1.82, 2.24) is 9.97 Å². The number of nitrogens with zero attached hydrogens (tertiary/aromatic N) is 2. The second kappa shape index (κ2) is 4.91. The third kappa shape index (κ3) is 2.39. The average Bonchev–Trinajstić information content (AvgIpc) is 2.82. The first-order valence-electron chi connectivity index (χ1n) is 5.78. The van der Waals surface area contributed by atoms with E-state index in [0.29, 0.717) is 32.5 Å². The zero-order valence-electron chi connectivity index (χ0n) is 10.3. The number of phenols is 1. The maximum absolute atomic E-state index is 10.8. The molecule has 1 aromatic heterocycles. The van der Waals surface area contributed by atoms with E-state index in [0.717, 1.165) is 0 Å². The average molecular weight is 324 g/mol. The summed E-state index contributed by atoms with van der Waals surface area (Å²) >= 11 is 11.9. The fourth-order valence-electron chi connectivity index (χ4n) is 1.96. The van der Waals surface area contributed by atoms with Crippen LogP contribution in [-0.4, -0.2) is 20.0 Å². The van der Waals surface area contributed by atoms with Gasteiger partial charge in [0.25, 0.3) is 0 Å².